The number of rotatable bonds is 7. The topological polar surface area (TPSA) is 67.7 Å². The summed E-state index contributed by atoms with van der Waals surface area (Å²) in [5.74, 6) is 2.88. The van der Waals surface area contributed by atoms with Gasteiger partial charge in [0.25, 0.3) is 11.5 Å². The lowest BCUT2D eigenvalue weighted by atomic mass is 10.1. The van der Waals surface area contributed by atoms with E-state index in [1.807, 2.05) is 0 Å². The Morgan fingerprint density at radius 2 is 1.87 bits per heavy atom. The summed E-state index contributed by atoms with van der Waals surface area (Å²) in [5.41, 5.74) is 0.126. The van der Waals surface area contributed by atoms with E-state index in [0.29, 0.717) is 47.2 Å². The molecule has 11 heteroatoms. The molecule has 38 heavy (non-hydrogen) atoms. The number of ether oxygens (including phenoxy) is 1. The van der Waals surface area contributed by atoms with Gasteiger partial charge in [0, 0.05) is 30.2 Å². The number of hydrogen-bond donors (Lipinski definition) is 0. The Labute approximate surface area is 222 Å². The Balaban J connectivity index is 1.60. The van der Waals surface area contributed by atoms with Crippen molar-refractivity contribution in [1.29, 1.82) is 0 Å². The number of alkyl halides is 3. The number of terminal acetylenes is 1. The van der Waals surface area contributed by atoms with Crippen LogP contribution >= 0.6 is 11.6 Å². The van der Waals surface area contributed by atoms with Gasteiger partial charge in [-0.25, -0.2) is 4.98 Å². The molecule has 0 bridgehead atoms. The van der Waals surface area contributed by atoms with E-state index in [-0.39, 0.29) is 31.6 Å². The average Bonchev–Trinajstić information content (AvgIpc) is 2.90. The van der Waals surface area contributed by atoms with Crippen LogP contribution in [0.4, 0.5) is 24.8 Å². The monoisotopic (exact) mass is 544 g/mol. The lowest BCUT2D eigenvalue weighted by Gasteiger charge is -2.31. The van der Waals surface area contributed by atoms with Crippen LogP contribution in [0.2, 0.25) is 5.02 Å². The number of amides is 1. The minimum Gasteiger partial charge on any atom is -0.484 e. The maximum atomic E-state index is 13.5. The maximum Gasteiger partial charge on any atom is 0.416 e. The zero-order valence-electron chi connectivity index (χ0n) is 20.5. The van der Waals surface area contributed by atoms with Crippen molar-refractivity contribution in [3.63, 3.8) is 0 Å². The molecule has 0 saturated carbocycles. The van der Waals surface area contributed by atoms with E-state index < -0.39 is 17.3 Å². The van der Waals surface area contributed by atoms with Gasteiger partial charge in [0.05, 0.1) is 29.9 Å². The highest BCUT2D eigenvalue weighted by atomic mass is 35.5. The number of nitrogens with zero attached hydrogens (tertiary/aromatic N) is 4. The van der Waals surface area contributed by atoms with Crippen LogP contribution < -0.4 is 15.2 Å². The van der Waals surface area contributed by atoms with Gasteiger partial charge in [0.2, 0.25) is 5.95 Å². The predicted molar refractivity (Wildman–Crippen MR) is 138 cm³/mol. The number of anilines is 2. The number of benzene rings is 2. The van der Waals surface area contributed by atoms with Crippen molar-refractivity contribution in [3.8, 4) is 18.1 Å². The number of hydrogen-bond acceptors (Lipinski definition) is 5. The fraction of sp³-hybridized carbons (Fsp3) is 0.296. The number of carbonyl (C=O) groups is 1. The molecule has 0 aliphatic carbocycles. The standard InChI is InChI=1S/C27H24ClF3N4O3/c1-3-14-35-25(37)22-16-33(24(36)17-38-21-11-7-19(28)8-12-21)15-13-23(22)32-26(35)34(4-2)20-9-5-18(6-10-20)27(29,30)31/h1,5-12H,4,13-17H2,2H3. The first-order valence-corrected chi connectivity index (χ1v) is 12.2. The molecule has 4 rings (SSSR count). The van der Waals surface area contributed by atoms with Crippen LogP contribution in [0.25, 0.3) is 0 Å². The van der Waals surface area contributed by atoms with Crippen LogP contribution in [0.3, 0.4) is 0 Å². The highest BCUT2D eigenvalue weighted by molar-refractivity contribution is 6.30. The molecule has 0 spiro atoms. The average molecular weight is 545 g/mol. The third kappa shape index (κ3) is 5.78. The molecule has 0 N–H and O–H groups in total. The third-order valence-corrected chi connectivity index (χ3v) is 6.39. The van der Waals surface area contributed by atoms with Crippen molar-refractivity contribution in [2.45, 2.75) is 32.6 Å². The van der Waals surface area contributed by atoms with Crippen LogP contribution in [0.5, 0.6) is 5.75 Å². The lowest BCUT2D eigenvalue weighted by molar-refractivity contribution is -0.137. The molecule has 198 valence electrons. The van der Waals surface area contributed by atoms with Gasteiger partial charge >= 0.3 is 6.18 Å². The number of halogens is 4. The molecule has 1 amide bonds. The molecule has 0 saturated heterocycles. The minimum absolute atomic E-state index is 0.0429. The Morgan fingerprint density at radius 3 is 2.47 bits per heavy atom. The number of fused-ring (bicyclic) bond motifs is 1. The maximum absolute atomic E-state index is 13.5. The van der Waals surface area contributed by atoms with Crippen molar-refractivity contribution >= 4 is 29.1 Å². The highest BCUT2D eigenvalue weighted by Crippen LogP contribution is 2.32. The Kier molecular flexibility index (Phi) is 7.97. The summed E-state index contributed by atoms with van der Waals surface area (Å²) in [7, 11) is 0. The van der Waals surface area contributed by atoms with Crippen molar-refractivity contribution in [2.24, 2.45) is 0 Å². The summed E-state index contributed by atoms with van der Waals surface area (Å²) >= 11 is 5.87. The van der Waals surface area contributed by atoms with E-state index in [9.17, 15) is 22.8 Å². The first kappa shape index (κ1) is 27.1. The summed E-state index contributed by atoms with van der Waals surface area (Å²) < 4.78 is 46.0. The lowest BCUT2D eigenvalue weighted by Crippen LogP contribution is -2.43. The van der Waals surface area contributed by atoms with Gasteiger partial charge in [-0.1, -0.05) is 17.5 Å². The first-order valence-electron chi connectivity index (χ1n) is 11.8. The van der Waals surface area contributed by atoms with Crippen LogP contribution in [0.1, 0.15) is 23.7 Å². The summed E-state index contributed by atoms with van der Waals surface area (Å²) in [4.78, 5) is 34.2. The number of aromatic nitrogens is 2. The van der Waals surface area contributed by atoms with E-state index in [0.717, 1.165) is 12.1 Å². The van der Waals surface area contributed by atoms with E-state index >= 15 is 0 Å². The van der Waals surface area contributed by atoms with Gasteiger partial charge in [0.15, 0.2) is 6.61 Å². The van der Waals surface area contributed by atoms with Gasteiger partial charge < -0.3 is 14.5 Å². The minimum atomic E-state index is -4.46. The molecule has 1 aliphatic rings. The third-order valence-electron chi connectivity index (χ3n) is 6.14. The number of carbonyl (C=O) groups excluding carboxylic acids is 1. The Morgan fingerprint density at radius 1 is 1.18 bits per heavy atom. The second-order valence-corrected chi connectivity index (χ2v) is 8.97. The van der Waals surface area contributed by atoms with E-state index in [1.54, 1.807) is 36.1 Å². The molecule has 1 aromatic heterocycles. The molecule has 0 fully saturated rings. The smallest absolute Gasteiger partial charge is 0.416 e. The SMILES string of the molecule is C#CCn1c(N(CC)c2ccc(C(F)(F)F)cc2)nc2c(c1=O)CN(C(=O)COc1ccc(Cl)cc1)CC2. The molecule has 0 atom stereocenters. The van der Waals surface area contributed by atoms with Crippen molar-refractivity contribution < 1.29 is 22.7 Å². The predicted octanol–water partition coefficient (Wildman–Crippen LogP) is 4.67. The van der Waals surface area contributed by atoms with Gasteiger partial charge in [-0.3, -0.25) is 14.2 Å². The molecule has 0 unspecified atom stereocenters. The molecule has 1 aliphatic heterocycles. The fourth-order valence-electron chi connectivity index (χ4n) is 4.19. The second-order valence-electron chi connectivity index (χ2n) is 8.53. The van der Waals surface area contributed by atoms with Crippen LogP contribution in [0, 0.1) is 12.3 Å². The molecule has 3 aromatic rings. The fourth-order valence-corrected chi connectivity index (χ4v) is 4.32. The van der Waals surface area contributed by atoms with Gasteiger partial charge in [-0.15, -0.1) is 6.42 Å². The molecule has 2 aromatic carbocycles. The summed E-state index contributed by atoms with van der Waals surface area (Å²) in [5, 5.41) is 0.548. The van der Waals surface area contributed by atoms with Crippen LogP contribution in [-0.2, 0) is 30.5 Å². The molecule has 2 heterocycles. The van der Waals surface area contributed by atoms with Crippen LogP contribution in [-0.4, -0.2) is 40.1 Å². The van der Waals surface area contributed by atoms with Crippen molar-refractivity contribution in [1.82, 2.24) is 14.5 Å². The second kappa shape index (κ2) is 11.2. The van der Waals surface area contributed by atoms with E-state index in [2.05, 4.69) is 5.92 Å². The van der Waals surface area contributed by atoms with Crippen molar-refractivity contribution in [2.75, 3.05) is 24.6 Å². The van der Waals surface area contributed by atoms with E-state index in [1.165, 1.54) is 21.6 Å². The Hall–Kier alpha value is -3.97. The van der Waals surface area contributed by atoms with Gasteiger partial charge in [0.1, 0.15) is 5.75 Å². The quantitative estimate of drug-likeness (QED) is 0.404. The van der Waals surface area contributed by atoms with Gasteiger partial charge in [-0.05, 0) is 55.5 Å². The molecular formula is C27H24ClF3N4O3. The molecular weight excluding hydrogens is 521 g/mol. The normalized spacial score (nSPS) is 13.0. The zero-order chi connectivity index (χ0) is 27.4. The zero-order valence-corrected chi connectivity index (χ0v) is 21.2. The first-order chi connectivity index (χ1) is 18.1. The van der Waals surface area contributed by atoms with Crippen molar-refractivity contribution in [3.05, 3.63) is 80.7 Å². The summed E-state index contributed by atoms with van der Waals surface area (Å²) in [6, 6.07) is 11.2. The van der Waals surface area contributed by atoms with Crippen LogP contribution in [0.15, 0.2) is 53.3 Å². The molecule has 0 radical (unpaired) electrons. The summed E-state index contributed by atoms with van der Waals surface area (Å²) in [6.07, 6.45) is 1.39. The Bertz CT molecular complexity index is 1410. The highest BCUT2D eigenvalue weighted by Gasteiger charge is 2.31. The van der Waals surface area contributed by atoms with E-state index in [4.69, 9.17) is 27.7 Å². The summed E-state index contributed by atoms with van der Waals surface area (Å²) in [6.45, 7) is 2.19. The largest absolute Gasteiger partial charge is 0.484 e. The van der Waals surface area contributed by atoms with Gasteiger partial charge in [-0.2, -0.15) is 13.2 Å². The molecule has 7 nitrogen and oxygen atoms in total.